The van der Waals surface area contributed by atoms with Crippen LogP contribution in [0, 0.1) is 5.21 Å². The van der Waals surface area contributed by atoms with Crippen LogP contribution < -0.4 is 16.4 Å². The SMILES string of the molecule is Nc1nc(/C(=N/[O-])C(=O)N[C@@H]2C(=O)N3C(C(=O)O)=C(/C=C4\CCN([C@@H]5CC[NH2+]C5)C4=O)CS[C@H]23)ns1. The monoisotopic (exact) mass is 534 g/mol. The van der Waals surface area contributed by atoms with Gasteiger partial charge in [0.05, 0.1) is 19.1 Å². The van der Waals surface area contributed by atoms with E-state index in [1.165, 1.54) is 11.8 Å². The topological polar surface area (TPSA) is 211 Å². The maximum atomic E-state index is 12.9. The Morgan fingerprint density at radius 2 is 2.17 bits per heavy atom. The van der Waals surface area contributed by atoms with E-state index in [0.29, 0.717) is 24.1 Å². The molecular weight excluding hydrogens is 512 g/mol. The molecule has 5 heterocycles. The van der Waals surface area contributed by atoms with Gasteiger partial charge >= 0.3 is 5.97 Å². The van der Waals surface area contributed by atoms with Crippen molar-refractivity contribution in [2.45, 2.75) is 30.3 Å². The Hall–Kier alpha value is -3.50. The second kappa shape index (κ2) is 9.51. The van der Waals surface area contributed by atoms with Crippen molar-refractivity contribution in [3.63, 3.8) is 0 Å². The number of amides is 3. The van der Waals surface area contributed by atoms with Crippen LogP contribution in [0.4, 0.5) is 5.13 Å². The minimum absolute atomic E-state index is 0.0380. The van der Waals surface area contributed by atoms with Crippen LogP contribution in [0.25, 0.3) is 0 Å². The lowest BCUT2D eigenvalue weighted by Gasteiger charge is -2.49. The first-order chi connectivity index (χ1) is 17.3. The number of carbonyl (C=O) groups is 4. The highest BCUT2D eigenvalue weighted by Gasteiger charge is 2.54. The van der Waals surface area contributed by atoms with Gasteiger partial charge in [0.1, 0.15) is 17.1 Å². The second-order valence-electron chi connectivity index (χ2n) is 8.61. The van der Waals surface area contributed by atoms with Gasteiger partial charge < -0.3 is 36.7 Å². The molecule has 190 valence electrons. The van der Waals surface area contributed by atoms with Crippen LogP contribution >= 0.6 is 23.3 Å². The number of nitrogens with zero attached hydrogens (tertiary/aromatic N) is 5. The van der Waals surface area contributed by atoms with E-state index in [-0.39, 0.29) is 34.4 Å². The van der Waals surface area contributed by atoms with E-state index in [0.717, 1.165) is 35.9 Å². The molecule has 1 aromatic heterocycles. The summed E-state index contributed by atoms with van der Waals surface area (Å²) in [7, 11) is 0. The minimum atomic E-state index is -1.30. The van der Waals surface area contributed by atoms with Crippen LogP contribution in [-0.4, -0.2) is 96.5 Å². The molecule has 0 bridgehead atoms. The van der Waals surface area contributed by atoms with E-state index >= 15 is 0 Å². The molecule has 3 amide bonds. The molecule has 0 radical (unpaired) electrons. The van der Waals surface area contributed by atoms with Crippen molar-refractivity contribution in [3.05, 3.63) is 34.0 Å². The number of thioether (sulfide) groups is 1. The highest BCUT2D eigenvalue weighted by atomic mass is 32.2. The Kier molecular flexibility index (Phi) is 6.40. The quantitative estimate of drug-likeness (QED) is 0.132. The van der Waals surface area contributed by atoms with Crippen molar-refractivity contribution in [3.8, 4) is 0 Å². The van der Waals surface area contributed by atoms with Gasteiger partial charge in [0.2, 0.25) is 5.91 Å². The average Bonchev–Trinajstić information content (AvgIpc) is 3.60. The molecule has 36 heavy (non-hydrogen) atoms. The van der Waals surface area contributed by atoms with Crippen LogP contribution in [0.2, 0.25) is 0 Å². The zero-order chi connectivity index (χ0) is 25.6. The van der Waals surface area contributed by atoms with Gasteiger partial charge in [0, 0.05) is 35.8 Å². The van der Waals surface area contributed by atoms with Crippen molar-refractivity contribution in [1.29, 1.82) is 0 Å². The molecule has 16 heteroatoms. The summed E-state index contributed by atoms with van der Waals surface area (Å²) in [4.78, 5) is 57.2. The summed E-state index contributed by atoms with van der Waals surface area (Å²) in [6, 6.07) is -0.887. The molecule has 0 unspecified atom stereocenters. The van der Waals surface area contributed by atoms with Crippen LogP contribution in [-0.2, 0) is 19.2 Å². The zero-order valence-electron chi connectivity index (χ0n) is 18.7. The predicted octanol–water partition coefficient (Wildman–Crippen LogP) is -2.36. The Bertz CT molecular complexity index is 1240. The molecule has 0 saturated carbocycles. The van der Waals surface area contributed by atoms with Gasteiger partial charge in [0.25, 0.3) is 11.8 Å². The number of nitrogens with one attached hydrogen (secondary N) is 1. The summed E-state index contributed by atoms with van der Waals surface area (Å²) in [6.45, 7) is 2.43. The maximum Gasteiger partial charge on any atom is 0.352 e. The summed E-state index contributed by atoms with van der Waals surface area (Å²) < 4.78 is 3.78. The number of rotatable bonds is 6. The number of aliphatic carboxylic acids is 1. The number of nitrogens with two attached hydrogens (primary N) is 2. The third-order valence-electron chi connectivity index (χ3n) is 6.54. The third-order valence-corrected chi connectivity index (χ3v) is 8.38. The molecule has 1 aromatic rings. The first-order valence-electron chi connectivity index (χ1n) is 11.1. The first kappa shape index (κ1) is 24.2. The summed E-state index contributed by atoms with van der Waals surface area (Å²) in [5, 5.41) is 27.7. The molecule has 4 aliphatic heterocycles. The van der Waals surface area contributed by atoms with Crippen LogP contribution in [0.1, 0.15) is 18.7 Å². The number of nitrogen functional groups attached to an aromatic ring is 1. The normalized spacial score (nSPS) is 27.5. The fourth-order valence-corrected chi connectivity index (χ4v) is 6.57. The Morgan fingerprint density at radius 3 is 2.81 bits per heavy atom. The van der Waals surface area contributed by atoms with Crippen LogP contribution in [0.3, 0.4) is 0 Å². The molecule has 0 aromatic carbocycles. The first-order valence-corrected chi connectivity index (χ1v) is 13.0. The number of aromatic nitrogens is 2. The van der Waals surface area contributed by atoms with Crippen LogP contribution in [0.5, 0.6) is 0 Å². The summed E-state index contributed by atoms with van der Waals surface area (Å²) in [5.74, 6) is -3.04. The fraction of sp³-hybridized carbons (Fsp3) is 0.450. The number of fused-ring (bicyclic) bond motifs is 1. The largest absolute Gasteiger partial charge is 0.791 e. The molecule has 3 fully saturated rings. The number of carboxylic acid groups (broad SMARTS) is 1. The second-order valence-corrected chi connectivity index (χ2v) is 10.5. The van der Waals surface area contributed by atoms with E-state index in [1.807, 2.05) is 4.90 Å². The third kappa shape index (κ3) is 4.10. The van der Waals surface area contributed by atoms with E-state index in [4.69, 9.17) is 5.73 Å². The number of allylic oxidation sites excluding steroid dienone is 1. The Labute approximate surface area is 212 Å². The summed E-state index contributed by atoms with van der Waals surface area (Å²) >= 11 is 2.03. The Balaban J connectivity index is 1.33. The number of quaternary nitrogens is 1. The van der Waals surface area contributed by atoms with Gasteiger partial charge in [-0.15, -0.1) is 11.8 Å². The van der Waals surface area contributed by atoms with Gasteiger partial charge in [-0.25, -0.2) is 4.79 Å². The highest BCUT2D eigenvalue weighted by molar-refractivity contribution is 8.00. The zero-order valence-corrected chi connectivity index (χ0v) is 20.4. The van der Waals surface area contributed by atoms with Gasteiger partial charge in [-0.3, -0.25) is 19.3 Å². The van der Waals surface area contributed by atoms with Crippen molar-refractivity contribution in [1.82, 2.24) is 24.5 Å². The molecule has 5 rings (SSSR count). The number of anilines is 1. The van der Waals surface area contributed by atoms with E-state index in [2.05, 4.69) is 25.1 Å². The molecular formula is C20H22N8O6S2. The summed E-state index contributed by atoms with van der Waals surface area (Å²) in [6.07, 6.45) is 3.03. The van der Waals surface area contributed by atoms with Crippen LogP contribution in [0.15, 0.2) is 28.1 Å². The molecule has 0 spiro atoms. The number of β-lactam (4-membered cyclic amide) rings is 1. The molecule has 3 atom stereocenters. The van der Waals surface area contributed by atoms with Crippen molar-refractivity contribution < 1.29 is 29.6 Å². The molecule has 6 N–H and O–H groups in total. The molecule has 14 nitrogen and oxygen atoms in total. The lowest BCUT2D eigenvalue weighted by Crippen LogP contribution is -2.82. The fourth-order valence-electron chi connectivity index (χ4n) is 4.83. The predicted molar refractivity (Wildman–Crippen MR) is 128 cm³/mol. The van der Waals surface area contributed by atoms with Gasteiger partial charge in [-0.2, -0.15) is 9.36 Å². The van der Waals surface area contributed by atoms with E-state index in [9.17, 15) is 29.5 Å². The average molecular weight is 535 g/mol. The van der Waals surface area contributed by atoms with Gasteiger partial charge in [0.15, 0.2) is 16.7 Å². The standard InChI is InChI=1S/C20H22N8O6S2/c21-20-24-14(26-36-20)11(25-34)15(29)23-12-17(31)28-13(19(32)33)9(7-35-18(12)28)5-8-2-4-27(16(8)30)10-1-3-22-6-10/h5,10,12,18,22,34H,1-4,6-7H2,(H,23,29)(H,32,33)(H2,21,24,26)/b8-5+,25-11-/t10-,12-,18-/m1/s1. The lowest BCUT2D eigenvalue weighted by atomic mass is 10.0. The number of hydrogen-bond donors (Lipinski definition) is 4. The lowest BCUT2D eigenvalue weighted by molar-refractivity contribution is -0.637. The Morgan fingerprint density at radius 1 is 1.36 bits per heavy atom. The smallest absolute Gasteiger partial charge is 0.352 e. The van der Waals surface area contributed by atoms with Crippen molar-refractivity contribution in [2.75, 3.05) is 31.1 Å². The van der Waals surface area contributed by atoms with Gasteiger partial charge in [-0.05, 0) is 18.1 Å². The number of likely N-dealkylation sites (tertiary alicyclic amines) is 1. The number of hydrogen-bond acceptors (Lipinski definition) is 11. The number of carbonyl (C=O) groups excluding carboxylic acids is 3. The molecule has 4 aliphatic rings. The van der Waals surface area contributed by atoms with Crippen molar-refractivity contribution >= 4 is 57.8 Å². The minimum Gasteiger partial charge on any atom is -0.791 e. The number of carboxylic acids is 1. The maximum absolute atomic E-state index is 12.9. The van der Waals surface area contributed by atoms with E-state index in [1.54, 1.807) is 6.08 Å². The van der Waals surface area contributed by atoms with Crippen molar-refractivity contribution in [2.24, 2.45) is 5.16 Å². The molecule has 3 saturated heterocycles. The van der Waals surface area contributed by atoms with E-state index < -0.39 is 34.9 Å². The molecule has 0 aliphatic carbocycles. The van der Waals surface area contributed by atoms with Gasteiger partial charge in [-0.1, -0.05) is 0 Å². The highest BCUT2D eigenvalue weighted by Crippen LogP contribution is 2.41. The summed E-state index contributed by atoms with van der Waals surface area (Å²) in [5.41, 5.74) is 5.54.